The minimum Gasteiger partial charge on any atom is -0.497 e. The summed E-state index contributed by atoms with van der Waals surface area (Å²) in [5.41, 5.74) is 46.8. The van der Waals surface area contributed by atoms with Gasteiger partial charge in [0, 0.05) is 24.6 Å². The molecule has 0 spiro atoms. The van der Waals surface area contributed by atoms with Gasteiger partial charge < -0.3 is 73.6 Å². The fraction of sp³-hybridized carbons (Fsp3) is 0.806. The molecule has 1 aromatic carbocycles. The fourth-order valence-corrected chi connectivity index (χ4v) is 7.38. The van der Waals surface area contributed by atoms with Crippen LogP contribution >= 0.6 is 0 Å². The summed E-state index contributed by atoms with van der Waals surface area (Å²) in [4.78, 5) is 13.6. The molecule has 3 saturated heterocycles. The van der Waals surface area contributed by atoms with Crippen LogP contribution in [0.15, 0.2) is 49.8 Å². The van der Waals surface area contributed by atoms with Crippen molar-refractivity contribution < 1.29 is 73.6 Å². The van der Waals surface area contributed by atoms with Crippen LogP contribution < -0.4 is 4.74 Å². The Labute approximate surface area is 343 Å². The van der Waals surface area contributed by atoms with Crippen LogP contribution in [-0.4, -0.2) is 179 Å². The molecule has 0 bridgehead atoms. The Morgan fingerprint density at radius 1 is 0.590 bits per heavy atom. The maximum Gasteiger partial charge on any atom is 0.187 e. The summed E-state index contributed by atoms with van der Waals surface area (Å²) < 4.78 is 46.5. The van der Waals surface area contributed by atoms with Gasteiger partial charge in [-0.1, -0.05) is 37.7 Å². The highest BCUT2D eigenvalue weighted by molar-refractivity contribution is 5.26. The summed E-state index contributed by atoms with van der Waals surface area (Å²) in [5, 5.41) is 94.0. The number of rotatable bonds is 18. The summed E-state index contributed by atoms with van der Waals surface area (Å²) in [7, 11) is 1.49. The van der Waals surface area contributed by atoms with E-state index in [0.717, 1.165) is 0 Å². The van der Waals surface area contributed by atoms with Crippen molar-refractivity contribution in [2.45, 2.75) is 129 Å². The first-order chi connectivity index (χ1) is 29.5. The molecule has 19 atom stereocenters. The van der Waals surface area contributed by atoms with Crippen molar-refractivity contribution in [2.75, 3.05) is 26.9 Å². The molecule has 1 aromatic rings. The zero-order chi connectivity index (χ0) is 44.2. The monoisotopic (exact) mass is 865 g/mol. The molecule has 3 aliphatic heterocycles. The number of azide groups is 5. The van der Waals surface area contributed by atoms with E-state index in [4.69, 9.17) is 49.0 Å². The Bertz CT molecular complexity index is 1860. The first-order valence-electron chi connectivity index (χ1n) is 18.5. The average molecular weight is 866 g/mol. The molecule has 30 heteroatoms. The largest absolute Gasteiger partial charge is 0.497 e. The van der Waals surface area contributed by atoms with Crippen molar-refractivity contribution in [3.05, 3.63) is 82.0 Å². The Morgan fingerprint density at radius 3 is 1.72 bits per heavy atom. The molecule has 19 unspecified atom stereocenters. The number of aliphatic hydroxyl groups excluding tert-OH is 7. The number of ether oxygens (including phenoxy) is 8. The van der Waals surface area contributed by atoms with Crippen molar-refractivity contribution >= 4 is 0 Å². The second-order valence-corrected chi connectivity index (χ2v) is 14.0. The normalized spacial score (nSPS) is 39.6. The molecular formula is C31H43N15O15. The molecule has 61 heavy (non-hydrogen) atoms. The summed E-state index contributed by atoms with van der Waals surface area (Å²) >= 11 is 0. The van der Waals surface area contributed by atoms with E-state index >= 15 is 0 Å². The molecular weight excluding hydrogens is 822 g/mol. The fourth-order valence-electron chi connectivity index (χ4n) is 7.38. The van der Waals surface area contributed by atoms with Crippen LogP contribution in [0.3, 0.4) is 0 Å². The van der Waals surface area contributed by atoms with Crippen molar-refractivity contribution in [1.82, 2.24) is 0 Å². The van der Waals surface area contributed by atoms with Crippen LogP contribution in [0, 0.1) is 0 Å². The van der Waals surface area contributed by atoms with Crippen molar-refractivity contribution in [1.29, 1.82) is 0 Å². The Kier molecular flexibility index (Phi) is 17.1. The third-order valence-corrected chi connectivity index (χ3v) is 10.4. The molecule has 1 aliphatic carbocycles. The van der Waals surface area contributed by atoms with Gasteiger partial charge in [0.1, 0.15) is 60.6 Å². The smallest absolute Gasteiger partial charge is 0.187 e. The molecule has 332 valence electrons. The number of benzene rings is 1. The lowest BCUT2D eigenvalue weighted by Gasteiger charge is -2.47. The van der Waals surface area contributed by atoms with E-state index < -0.39 is 136 Å². The molecule has 4 fully saturated rings. The summed E-state index contributed by atoms with van der Waals surface area (Å²) in [5.74, 6) is 0.575. The third-order valence-electron chi connectivity index (χ3n) is 10.4. The molecule has 7 N–H and O–H groups in total. The summed E-state index contributed by atoms with van der Waals surface area (Å²) in [6, 6.07) is 0.731. The van der Waals surface area contributed by atoms with Gasteiger partial charge in [-0.2, -0.15) is 0 Å². The lowest BCUT2D eigenvalue weighted by Crippen LogP contribution is -2.63. The Balaban J connectivity index is 1.41. The van der Waals surface area contributed by atoms with Gasteiger partial charge in [-0.15, -0.1) is 0 Å². The number of hydrogen-bond acceptors (Lipinski definition) is 20. The molecule has 0 aromatic heterocycles. The minimum absolute atomic E-state index is 0.0915. The van der Waals surface area contributed by atoms with E-state index in [1.165, 1.54) is 7.11 Å². The second kappa shape index (κ2) is 22.2. The highest BCUT2D eigenvalue weighted by atomic mass is 16.8. The molecule has 30 nitrogen and oxygen atoms in total. The quantitative estimate of drug-likeness (QED) is 0.0586. The maximum absolute atomic E-state index is 11.5. The third kappa shape index (κ3) is 10.7. The highest BCUT2D eigenvalue weighted by Crippen LogP contribution is 2.38. The van der Waals surface area contributed by atoms with Gasteiger partial charge in [0.15, 0.2) is 18.9 Å². The molecule has 3 heterocycles. The zero-order valence-electron chi connectivity index (χ0n) is 31.9. The first kappa shape index (κ1) is 47.1. The van der Waals surface area contributed by atoms with Gasteiger partial charge in [-0.3, -0.25) is 0 Å². The van der Waals surface area contributed by atoms with Crippen molar-refractivity contribution in [3.63, 3.8) is 0 Å². The van der Waals surface area contributed by atoms with E-state index in [1.54, 1.807) is 24.3 Å². The van der Waals surface area contributed by atoms with E-state index in [2.05, 4.69) is 50.1 Å². The van der Waals surface area contributed by atoms with E-state index in [9.17, 15) is 52.3 Å². The summed E-state index contributed by atoms with van der Waals surface area (Å²) in [6.07, 6.45) is -25.3. The molecule has 0 amide bonds. The van der Waals surface area contributed by atoms with Gasteiger partial charge in [0.05, 0.1) is 76.1 Å². The van der Waals surface area contributed by atoms with E-state index in [-0.39, 0.29) is 13.0 Å². The Hall–Kier alpha value is -4.99. The van der Waals surface area contributed by atoms with Crippen LogP contribution in [0.4, 0.5) is 0 Å². The number of nitrogens with zero attached hydrogens (tertiary/aromatic N) is 15. The van der Waals surface area contributed by atoms with Gasteiger partial charge in [0.25, 0.3) is 0 Å². The molecule has 4 aliphatic rings. The number of methoxy groups -OCH3 is 1. The minimum atomic E-state index is -1.93. The van der Waals surface area contributed by atoms with Crippen molar-refractivity contribution in [2.24, 2.45) is 25.6 Å². The second-order valence-electron chi connectivity index (χ2n) is 14.0. The van der Waals surface area contributed by atoms with Gasteiger partial charge in [-0.05, 0) is 51.8 Å². The molecule has 5 rings (SSSR count). The van der Waals surface area contributed by atoms with Crippen LogP contribution in [0.1, 0.15) is 12.0 Å². The SMILES string of the molecule is COc1ccc(COC2C(CO)OC(OC3C(N=[N+]=[N-])CC(N=[N+]=[N-])C(O)C3OC3OC(CO)C(OC4OC(CN=[N+]=[N-])C(O)C(O)C4N=[N+]=[N-])C3O)C(N=[N+]=[N-])C2O)cc1. The predicted molar refractivity (Wildman–Crippen MR) is 197 cm³/mol. The lowest BCUT2D eigenvalue weighted by molar-refractivity contribution is -0.314. The van der Waals surface area contributed by atoms with Crippen LogP contribution in [0.2, 0.25) is 0 Å². The standard InChI is InChI=1S/C31H43N15O15/c1-54-12-4-2-11(3-5-12)10-55-26-16(8-47)57-30(19(23(26)52)41-46-36)59-25-14(39-44-34)6-13(38-43-33)20(49)28(25)61-31-24(53)27(17(9-48)58-31)60-29-18(40-45-35)22(51)21(50)15(56-29)7-37-42-32/h2-5,13-31,47-53H,6-10H2,1H3. The van der Waals surface area contributed by atoms with E-state index in [1.807, 2.05) is 0 Å². The summed E-state index contributed by atoms with van der Waals surface area (Å²) in [6.45, 7) is -2.21. The van der Waals surface area contributed by atoms with Gasteiger partial charge in [0.2, 0.25) is 0 Å². The number of aliphatic hydroxyl groups is 7. The predicted octanol–water partition coefficient (Wildman–Crippen LogP) is 0.129. The van der Waals surface area contributed by atoms with Gasteiger partial charge >= 0.3 is 0 Å². The zero-order valence-corrected chi connectivity index (χ0v) is 31.9. The molecule has 0 radical (unpaired) electrons. The van der Waals surface area contributed by atoms with Crippen molar-refractivity contribution in [3.8, 4) is 5.75 Å². The van der Waals surface area contributed by atoms with Crippen LogP contribution in [0.25, 0.3) is 52.2 Å². The van der Waals surface area contributed by atoms with Crippen LogP contribution in [0.5, 0.6) is 5.75 Å². The van der Waals surface area contributed by atoms with Crippen LogP contribution in [-0.2, 0) is 39.8 Å². The van der Waals surface area contributed by atoms with E-state index in [0.29, 0.717) is 11.3 Å². The lowest BCUT2D eigenvalue weighted by atomic mass is 9.84. The average Bonchev–Trinajstić information content (AvgIpc) is 3.56. The highest BCUT2D eigenvalue weighted by Gasteiger charge is 2.55. The first-order valence-corrected chi connectivity index (χ1v) is 18.5. The maximum atomic E-state index is 11.5. The number of hydrogen-bond donors (Lipinski definition) is 7. The van der Waals surface area contributed by atoms with Gasteiger partial charge in [-0.25, -0.2) is 0 Å². The topological polar surface area (TPSA) is 459 Å². The molecule has 1 saturated carbocycles. The Morgan fingerprint density at radius 2 is 1.13 bits per heavy atom.